The third-order valence-corrected chi connectivity index (χ3v) is 5.96. The van der Waals surface area contributed by atoms with Gasteiger partial charge in [0, 0.05) is 42.3 Å². The fraction of sp³-hybridized carbons (Fsp3) is 0.375. The van der Waals surface area contributed by atoms with Crippen LogP contribution in [0.5, 0.6) is 5.75 Å². The summed E-state index contributed by atoms with van der Waals surface area (Å²) in [6.45, 7) is 7.09. The van der Waals surface area contributed by atoms with Gasteiger partial charge in [-0.2, -0.15) is 0 Å². The number of nitrogens with zero attached hydrogens (tertiary/aromatic N) is 1. The van der Waals surface area contributed by atoms with E-state index in [1.165, 1.54) is 11.1 Å². The van der Waals surface area contributed by atoms with E-state index in [0.717, 1.165) is 55.5 Å². The van der Waals surface area contributed by atoms with Gasteiger partial charge in [-0.15, -0.1) is 0 Å². The zero-order valence-electron chi connectivity index (χ0n) is 17.2. The predicted molar refractivity (Wildman–Crippen MR) is 117 cm³/mol. The molecule has 2 aromatic carbocycles. The molecule has 0 radical (unpaired) electrons. The van der Waals surface area contributed by atoms with E-state index in [9.17, 15) is 9.90 Å². The summed E-state index contributed by atoms with van der Waals surface area (Å²) in [5.74, 6) is 0.116. The van der Waals surface area contributed by atoms with Gasteiger partial charge in [0.2, 0.25) is 0 Å². The molecule has 152 valence electrons. The Kier molecular flexibility index (Phi) is 5.58. The molecule has 3 N–H and O–H groups in total. The van der Waals surface area contributed by atoms with E-state index < -0.39 is 0 Å². The molecule has 0 saturated carbocycles. The zero-order chi connectivity index (χ0) is 20.4. The number of piperidine rings is 1. The number of benzene rings is 2. The van der Waals surface area contributed by atoms with Gasteiger partial charge < -0.3 is 20.3 Å². The number of hydrogen-bond donors (Lipinski definition) is 3. The Balaban J connectivity index is 1.31. The zero-order valence-corrected chi connectivity index (χ0v) is 17.2. The van der Waals surface area contributed by atoms with Crippen molar-refractivity contribution in [2.24, 2.45) is 0 Å². The minimum Gasteiger partial charge on any atom is -0.508 e. The van der Waals surface area contributed by atoms with Crippen molar-refractivity contribution in [2.45, 2.75) is 39.2 Å². The minimum atomic E-state index is -0.0579. The van der Waals surface area contributed by atoms with Crippen LogP contribution < -0.4 is 5.32 Å². The maximum Gasteiger partial charge on any atom is 0.253 e. The molecule has 5 heteroatoms. The number of aromatic amines is 1. The van der Waals surface area contributed by atoms with E-state index in [1.807, 2.05) is 6.92 Å². The number of H-pyrrole nitrogens is 1. The Labute approximate surface area is 171 Å². The van der Waals surface area contributed by atoms with Crippen LogP contribution in [0.4, 0.5) is 0 Å². The number of carbonyl (C=O) groups is 1. The topological polar surface area (TPSA) is 68.4 Å². The van der Waals surface area contributed by atoms with Crippen molar-refractivity contribution < 1.29 is 9.90 Å². The number of hydrogen-bond acceptors (Lipinski definition) is 3. The molecule has 29 heavy (non-hydrogen) atoms. The number of carbonyl (C=O) groups excluding carboxylic acids is 1. The number of aromatic nitrogens is 1. The van der Waals surface area contributed by atoms with Crippen LogP contribution >= 0.6 is 0 Å². The van der Waals surface area contributed by atoms with Gasteiger partial charge >= 0.3 is 0 Å². The van der Waals surface area contributed by atoms with E-state index in [2.05, 4.69) is 46.4 Å². The SMILES string of the molecule is Cc1ccc(CCN2CCC(NC(=O)c3c(C)[nH]c4ccc(O)cc34)CC2)cc1. The van der Waals surface area contributed by atoms with Crippen molar-refractivity contribution in [2.75, 3.05) is 19.6 Å². The fourth-order valence-corrected chi connectivity index (χ4v) is 4.21. The average Bonchev–Trinajstić information content (AvgIpc) is 3.03. The summed E-state index contributed by atoms with van der Waals surface area (Å²) in [5, 5.41) is 13.8. The molecule has 1 saturated heterocycles. The highest BCUT2D eigenvalue weighted by Crippen LogP contribution is 2.26. The molecule has 2 heterocycles. The largest absolute Gasteiger partial charge is 0.508 e. The Hall–Kier alpha value is -2.79. The molecule has 1 aliphatic heterocycles. The quantitative estimate of drug-likeness (QED) is 0.617. The van der Waals surface area contributed by atoms with Gasteiger partial charge in [0.05, 0.1) is 5.56 Å². The lowest BCUT2D eigenvalue weighted by Gasteiger charge is -2.32. The molecule has 3 aromatic rings. The minimum absolute atomic E-state index is 0.0579. The smallest absolute Gasteiger partial charge is 0.253 e. The van der Waals surface area contributed by atoms with Gasteiger partial charge in [-0.05, 0) is 56.9 Å². The lowest BCUT2D eigenvalue weighted by Crippen LogP contribution is -2.45. The standard InChI is InChI=1S/C24H29N3O2/c1-16-3-5-18(6-4-16)9-12-27-13-10-19(11-14-27)26-24(29)23-17(2)25-22-8-7-20(28)15-21(22)23/h3-8,15,19,25,28H,9-14H2,1-2H3,(H,26,29). The molecule has 0 atom stereocenters. The lowest BCUT2D eigenvalue weighted by atomic mass is 10.0. The van der Waals surface area contributed by atoms with Gasteiger partial charge in [-0.1, -0.05) is 29.8 Å². The highest BCUT2D eigenvalue weighted by molar-refractivity contribution is 6.08. The highest BCUT2D eigenvalue weighted by Gasteiger charge is 2.23. The van der Waals surface area contributed by atoms with Crippen LogP contribution in [-0.4, -0.2) is 46.6 Å². The first-order chi connectivity index (χ1) is 14.0. The predicted octanol–water partition coefficient (Wildman–Crippen LogP) is 3.93. The van der Waals surface area contributed by atoms with Gasteiger partial charge in [0.1, 0.15) is 5.75 Å². The number of likely N-dealkylation sites (tertiary alicyclic amines) is 1. The Morgan fingerprint density at radius 1 is 1.14 bits per heavy atom. The van der Waals surface area contributed by atoms with Crippen LogP contribution in [0.2, 0.25) is 0 Å². The summed E-state index contributed by atoms with van der Waals surface area (Å²) in [7, 11) is 0. The maximum atomic E-state index is 12.9. The highest BCUT2D eigenvalue weighted by atomic mass is 16.3. The van der Waals surface area contributed by atoms with E-state index >= 15 is 0 Å². The van der Waals surface area contributed by atoms with Crippen molar-refractivity contribution in [1.29, 1.82) is 0 Å². The first-order valence-electron chi connectivity index (χ1n) is 10.4. The first-order valence-corrected chi connectivity index (χ1v) is 10.4. The van der Waals surface area contributed by atoms with E-state index in [1.54, 1.807) is 18.2 Å². The molecular weight excluding hydrogens is 362 g/mol. The number of phenolic OH excluding ortho intramolecular Hbond substituents is 1. The van der Waals surface area contributed by atoms with Crippen LogP contribution in [-0.2, 0) is 6.42 Å². The number of fused-ring (bicyclic) bond motifs is 1. The number of aromatic hydroxyl groups is 1. The summed E-state index contributed by atoms with van der Waals surface area (Å²) in [4.78, 5) is 18.6. The second kappa shape index (κ2) is 8.29. The number of rotatable bonds is 5. The molecule has 0 aliphatic carbocycles. The first kappa shape index (κ1) is 19.5. The molecule has 1 fully saturated rings. The Morgan fingerprint density at radius 3 is 2.59 bits per heavy atom. The number of nitrogens with one attached hydrogen (secondary N) is 2. The third kappa shape index (κ3) is 4.46. The van der Waals surface area contributed by atoms with Crippen LogP contribution in [0.25, 0.3) is 10.9 Å². The molecule has 0 bridgehead atoms. The van der Waals surface area contributed by atoms with E-state index in [0.29, 0.717) is 5.56 Å². The van der Waals surface area contributed by atoms with Gasteiger partial charge in [-0.25, -0.2) is 0 Å². The molecule has 5 nitrogen and oxygen atoms in total. The Bertz CT molecular complexity index is 999. The maximum absolute atomic E-state index is 12.9. The monoisotopic (exact) mass is 391 g/mol. The number of amides is 1. The van der Waals surface area contributed by atoms with Crippen LogP contribution in [0.3, 0.4) is 0 Å². The second-order valence-electron chi connectivity index (χ2n) is 8.18. The molecule has 0 unspecified atom stereocenters. The van der Waals surface area contributed by atoms with Crippen molar-refractivity contribution in [3.63, 3.8) is 0 Å². The van der Waals surface area contributed by atoms with Crippen molar-refractivity contribution in [1.82, 2.24) is 15.2 Å². The van der Waals surface area contributed by atoms with Crippen molar-refractivity contribution in [3.8, 4) is 5.75 Å². The summed E-state index contributed by atoms with van der Waals surface area (Å²) in [6, 6.07) is 14.1. The summed E-state index contributed by atoms with van der Waals surface area (Å²) < 4.78 is 0. The van der Waals surface area contributed by atoms with E-state index in [-0.39, 0.29) is 17.7 Å². The summed E-state index contributed by atoms with van der Waals surface area (Å²) in [6.07, 6.45) is 2.99. The van der Waals surface area contributed by atoms with Crippen LogP contribution in [0.1, 0.15) is 40.0 Å². The summed E-state index contributed by atoms with van der Waals surface area (Å²) >= 11 is 0. The summed E-state index contributed by atoms with van der Waals surface area (Å²) in [5.41, 5.74) is 5.02. The molecule has 0 spiro atoms. The van der Waals surface area contributed by atoms with Crippen molar-refractivity contribution in [3.05, 3.63) is 64.8 Å². The van der Waals surface area contributed by atoms with Crippen molar-refractivity contribution >= 4 is 16.8 Å². The lowest BCUT2D eigenvalue weighted by molar-refractivity contribution is 0.0912. The average molecular weight is 392 g/mol. The van der Waals surface area contributed by atoms with Gasteiger partial charge in [-0.3, -0.25) is 4.79 Å². The molecule has 1 amide bonds. The van der Waals surface area contributed by atoms with E-state index in [4.69, 9.17) is 0 Å². The fourth-order valence-electron chi connectivity index (χ4n) is 4.21. The molecular formula is C24H29N3O2. The molecule has 1 aliphatic rings. The molecule has 4 rings (SSSR count). The Morgan fingerprint density at radius 2 is 1.86 bits per heavy atom. The number of phenols is 1. The van der Waals surface area contributed by atoms with Gasteiger partial charge in [0.15, 0.2) is 0 Å². The third-order valence-electron chi connectivity index (χ3n) is 5.96. The van der Waals surface area contributed by atoms with Gasteiger partial charge in [0.25, 0.3) is 5.91 Å². The number of aryl methyl sites for hydroxylation is 2. The molecule has 1 aromatic heterocycles. The second-order valence-corrected chi connectivity index (χ2v) is 8.18. The van der Waals surface area contributed by atoms with Crippen LogP contribution in [0, 0.1) is 13.8 Å². The normalized spacial score (nSPS) is 15.7. The van der Waals surface area contributed by atoms with Crippen LogP contribution in [0.15, 0.2) is 42.5 Å².